The molecule has 0 aromatic rings. The Kier molecular flexibility index (Phi) is 4.91. The highest BCUT2D eigenvalue weighted by molar-refractivity contribution is 5.78. The second kappa shape index (κ2) is 5.99. The average molecular weight is 239 g/mol. The number of rotatable bonds is 6. The van der Waals surface area contributed by atoms with Gasteiger partial charge in [-0.2, -0.15) is 5.26 Å². The van der Waals surface area contributed by atoms with E-state index in [1.54, 1.807) is 0 Å². The molecule has 1 saturated carbocycles. The lowest BCUT2D eigenvalue weighted by Gasteiger charge is -2.51. The minimum atomic E-state index is -0.137. The monoisotopic (exact) mass is 239 g/mol. The van der Waals surface area contributed by atoms with E-state index in [2.05, 4.69) is 24.5 Å². The molecule has 0 aromatic heterocycles. The maximum Gasteiger partial charge on any atom is 0.234 e. The van der Waals surface area contributed by atoms with Gasteiger partial charge in [-0.3, -0.25) is 4.79 Å². The summed E-state index contributed by atoms with van der Waals surface area (Å²) in [5.74, 6) is -0.137. The minimum absolute atomic E-state index is 0.0610. The van der Waals surface area contributed by atoms with Gasteiger partial charge in [-0.1, -0.05) is 13.8 Å². The molecule has 1 amide bonds. The van der Waals surface area contributed by atoms with Crippen molar-refractivity contribution in [2.45, 2.75) is 39.3 Å². The van der Waals surface area contributed by atoms with Gasteiger partial charge in [0.05, 0.1) is 18.7 Å². The smallest absolute Gasteiger partial charge is 0.234 e. The summed E-state index contributed by atoms with van der Waals surface area (Å²) in [6.45, 7) is 7.32. The zero-order chi connectivity index (χ0) is 12.9. The van der Waals surface area contributed by atoms with Crippen LogP contribution in [0.25, 0.3) is 0 Å². The van der Waals surface area contributed by atoms with E-state index in [4.69, 9.17) is 10.00 Å². The van der Waals surface area contributed by atoms with Gasteiger partial charge < -0.3 is 15.4 Å². The molecule has 96 valence electrons. The molecule has 0 radical (unpaired) electrons. The van der Waals surface area contributed by atoms with E-state index < -0.39 is 0 Å². The molecule has 2 N–H and O–H groups in total. The summed E-state index contributed by atoms with van der Waals surface area (Å²) in [5.41, 5.74) is 0.0610. The third-order valence-electron chi connectivity index (χ3n) is 3.42. The number of carbonyl (C=O) groups is 1. The summed E-state index contributed by atoms with van der Waals surface area (Å²) in [5, 5.41) is 14.0. The van der Waals surface area contributed by atoms with Gasteiger partial charge in [-0.05, 0) is 13.3 Å². The quantitative estimate of drug-likeness (QED) is 0.659. The van der Waals surface area contributed by atoms with Crippen LogP contribution in [-0.4, -0.2) is 37.7 Å². The number of amides is 1. The Morgan fingerprint density at radius 1 is 1.59 bits per heavy atom. The predicted molar refractivity (Wildman–Crippen MR) is 64.2 cm³/mol. The summed E-state index contributed by atoms with van der Waals surface area (Å²) in [4.78, 5) is 11.3. The van der Waals surface area contributed by atoms with Gasteiger partial charge >= 0.3 is 0 Å². The fraction of sp³-hybridized carbons (Fsp3) is 0.833. The van der Waals surface area contributed by atoms with Crippen molar-refractivity contribution in [1.82, 2.24) is 10.6 Å². The number of carbonyl (C=O) groups excluding carboxylic acids is 1. The molecule has 2 unspecified atom stereocenters. The highest BCUT2D eigenvalue weighted by Crippen LogP contribution is 2.42. The standard InChI is InChI=1S/C12H21N3O2/c1-4-17-10-7-9(12(10,2)3)15-8-11(16)14-6-5-13/h9-10,15H,4,6-8H2,1-3H3,(H,14,16). The van der Waals surface area contributed by atoms with Crippen LogP contribution in [0.4, 0.5) is 0 Å². The second-order valence-corrected chi connectivity index (χ2v) is 4.87. The van der Waals surface area contributed by atoms with Crippen molar-refractivity contribution < 1.29 is 9.53 Å². The van der Waals surface area contributed by atoms with E-state index in [1.165, 1.54) is 0 Å². The van der Waals surface area contributed by atoms with Crippen LogP contribution in [0.1, 0.15) is 27.2 Å². The van der Waals surface area contributed by atoms with Crippen LogP contribution in [0.3, 0.4) is 0 Å². The van der Waals surface area contributed by atoms with E-state index in [9.17, 15) is 4.79 Å². The van der Waals surface area contributed by atoms with Crippen molar-refractivity contribution in [3.8, 4) is 6.07 Å². The number of nitrogens with zero attached hydrogens (tertiary/aromatic N) is 1. The van der Waals surface area contributed by atoms with Crippen LogP contribution in [0.15, 0.2) is 0 Å². The molecule has 5 heteroatoms. The Balaban J connectivity index is 2.26. The maximum absolute atomic E-state index is 11.3. The Labute approximate surface area is 103 Å². The van der Waals surface area contributed by atoms with Crippen LogP contribution in [0.5, 0.6) is 0 Å². The highest BCUT2D eigenvalue weighted by Gasteiger charge is 2.48. The molecule has 0 aromatic carbocycles. The van der Waals surface area contributed by atoms with Crippen molar-refractivity contribution in [2.24, 2.45) is 5.41 Å². The lowest BCUT2D eigenvalue weighted by molar-refractivity contribution is -0.126. The minimum Gasteiger partial charge on any atom is -0.378 e. The predicted octanol–water partition coefficient (Wildman–Crippen LogP) is 0.419. The Morgan fingerprint density at radius 3 is 2.82 bits per heavy atom. The fourth-order valence-electron chi connectivity index (χ4n) is 2.13. The molecule has 1 aliphatic rings. The third kappa shape index (κ3) is 3.42. The number of nitriles is 1. The first-order chi connectivity index (χ1) is 8.02. The topological polar surface area (TPSA) is 74.2 Å². The first kappa shape index (κ1) is 13.9. The number of hydrogen-bond donors (Lipinski definition) is 2. The SMILES string of the molecule is CCOC1CC(NCC(=O)NCC#N)C1(C)C. The molecule has 17 heavy (non-hydrogen) atoms. The first-order valence-corrected chi connectivity index (χ1v) is 6.01. The molecule has 2 atom stereocenters. The largest absolute Gasteiger partial charge is 0.378 e. The number of hydrogen-bond acceptors (Lipinski definition) is 4. The fourth-order valence-corrected chi connectivity index (χ4v) is 2.13. The normalized spacial score (nSPS) is 25.8. The molecule has 5 nitrogen and oxygen atoms in total. The van der Waals surface area contributed by atoms with E-state index in [0.717, 1.165) is 13.0 Å². The summed E-state index contributed by atoms with van der Waals surface area (Å²) in [6.07, 6.45) is 1.21. The van der Waals surface area contributed by atoms with Crippen LogP contribution in [0, 0.1) is 16.7 Å². The Morgan fingerprint density at radius 2 is 2.29 bits per heavy atom. The summed E-state index contributed by atoms with van der Waals surface area (Å²) in [7, 11) is 0. The van der Waals surface area contributed by atoms with E-state index in [-0.39, 0.29) is 30.5 Å². The Hall–Kier alpha value is -1.12. The van der Waals surface area contributed by atoms with Gasteiger partial charge in [0.15, 0.2) is 0 Å². The Bertz CT molecular complexity index is 309. The van der Waals surface area contributed by atoms with Gasteiger partial charge in [0.1, 0.15) is 6.54 Å². The van der Waals surface area contributed by atoms with Gasteiger partial charge in [0.25, 0.3) is 0 Å². The van der Waals surface area contributed by atoms with Gasteiger partial charge in [-0.15, -0.1) is 0 Å². The molecule has 1 fully saturated rings. The van der Waals surface area contributed by atoms with E-state index in [1.807, 2.05) is 13.0 Å². The van der Waals surface area contributed by atoms with Gasteiger partial charge in [-0.25, -0.2) is 0 Å². The van der Waals surface area contributed by atoms with E-state index >= 15 is 0 Å². The van der Waals surface area contributed by atoms with E-state index in [0.29, 0.717) is 6.04 Å². The average Bonchev–Trinajstić information content (AvgIpc) is 2.30. The highest BCUT2D eigenvalue weighted by atomic mass is 16.5. The van der Waals surface area contributed by atoms with Crippen molar-refractivity contribution in [3.63, 3.8) is 0 Å². The van der Waals surface area contributed by atoms with Crippen LogP contribution in [0.2, 0.25) is 0 Å². The molecule has 0 bridgehead atoms. The van der Waals surface area contributed by atoms with Crippen LogP contribution >= 0.6 is 0 Å². The van der Waals surface area contributed by atoms with Crippen LogP contribution in [-0.2, 0) is 9.53 Å². The molecule has 0 spiro atoms. The van der Waals surface area contributed by atoms with Crippen molar-refractivity contribution in [3.05, 3.63) is 0 Å². The van der Waals surface area contributed by atoms with Gasteiger partial charge in [0.2, 0.25) is 5.91 Å². The molecule has 0 saturated heterocycles. The van der Waals surface area contributed by atoms with Crippen molar-refractivity contribution >= 4 is 5.91 Å². The molecular formula is C12H21N3O2. The molecular weight excluding hydrogens is 218 g/mol. The molecule has 0 aliphatic heterocycles. The molecule has 1 rings (SSSR count). The zero-order valence-corrected chi connectivity index (χ0v) is 10.7. The number of ether oxygens (including phenoxy) is 1. The van der Waals surface area contributed by atoms with Crippen molar-refractivity contribution in [2.75, 3.05) is 19.7 Å². The molecule has 0 heterocycles. The summed E-state index contributed by atoms with van der Waals surface area (Å²) in [6, 6.07) is 2.17. The zero-order valence-electron chi connectivity index (χ0n) is 10.7. The van der Waals surface area contributed by atoms with Crippen molar-refractivity contribution in [1.29, 1.82) is 5.26 Å². The lowest BCUT2D eigenvalue weighted by Crippen LogP contribution is -2.62. The molecule has 1 aliphatic carbocycles. The van der Waals surface area contributed by atoms with Crippen LogP contribution < -0.4 is 10.6 Å². The maximum atomic E-state index is 11.3. The number of nitrogens with one attached hydrogen (secondary N) is 2. The lowest BCUT2D eigenvalue weighted by atomic mass is 9.64. The summed E-state index contributed by atoms with van der Waals surface area (Å²) < 4.78 is 5.61. The third-order valence-corrected chi connectivity index (χ3v) is 3.42. The second-order valence-electron chi connectivity index (χ2n) is 4.87. The van der Waals surface area contributed by atoms with Gasteiger partial charge in [0, 0.05) is 18.1 Å². The first-order valence-electron chi connectivity index (χ1n) is 6.01. The summed E-state index contributed by atoms with van der Waals surface area (Å²) >= 11 is 0.